The highest BCUT2D eigenvalue weighted by Crippen LogP contribution is 2.36. The first-order valence-electron chi connectivity index (χ1n) is 9.51. The molecule has 1 unspecified atom stereocenters. The zero-order chi connectivity index (χ0) is 18.8. The fourth-order valence-corrected chi connectivity index (χ4v) is 4.12. The summed E-state index contributed by atoms with van der Waals surface area (Å²) in [6.45, 7) is 4.34. The molecule has 0 N–H and O–H groups in total. The van der Waals surface area contributed by atoms with Gasteiger partial charge in [-0.1, -0.05) is 5.16 Å². The van der Waals surface area contributed by atoms with Crippen LogP contribution in [-0.2, 0) is 4.79 Å². The van der Waals surface area contributed by atoms with Crippen LogP contribution in [0.15, 0.2) is 22.9 Å². The Labute approximate surface area is 158 Å². The number of likely N-dealkylation sites (tertiary alicyclic amines) is 2. The summed E-state index contributed by atoms with van der Waals surface area (Å²) in [4.78, 5) is 24.8. The van der Waals surface area contributed by atoms with Crippen molar-refractivity contribution >= 4 is 5.91 Å². The molecule has 8 heteroatoms. The van der Waals surface area contributed by atoms with Gasteiger partial charge in [0.2, 0.25) is 23.5 Å². The zero-order valence-electron chi connectivity index (χ0n) is 15.8. The van der Waals surface area contributed by atoms with E-state index in [1.807, 2.05) is 11.0 Å². The summed E-state index contributed by atoms with van der Waals surface area (Å²) >= 11 is 0. The van der Waals surface area contributed by atoms with Crippen molar-refractivity contribution in [2.24, 2.45) is 0 Å². The first kappa shape index (κ1) is 17.9. The number of pyridine rings is 1. The Hall–Kier alpha value is -2.48. The van der Waals surface area contributed by atoms with E-state index in [1.54, 1.807) is 26.3 Å². The van der Waals surface area contributed by atoms with E-state index in [0.29, 0.717) is 23.6 Å². The summed E-state index contributed by atoms with van der Waals surface area (Å²) in [7, 11) is 1.59. The second kappa shape index (κ2) is 7.64. The van der Waals surface area contributed by atoms with E-state index in [2.05, 4.69) is 20.0 Å². The van der Waals surface area contributed by atoms with Crippen molar-refractivity contribution in [1.82, 2.24) is 24.9 Å². The van der Waals surface area contributed by atoms with Gasteiger partial charge in [0, 0.05) is 43.9 Å². The molecule has 4 rings (SSSR count). The van der Waals surface area contributed by atoms with Crippen LogP contribution in [-0.4, -0.2) is 63.6 Å². The van der Waals surface area contributed by atoms with Crippen LogP contribution < -0.4 is 4.74 Å². The number of carbonyl (C=O) groups excluding carboxylic acids is 1. The molecule has 27 heavy (non-hydrogen) atoms. The lowest BCUT2D eigenvalue weighted by molar-refractivity contribution is -0.130. The molecule has 0 bridgehead atoms. The van der Waals surface area contributed by atoms with Crippen molar-refractivity contribution in [2.45, 2.75) is 44.7 Å². The zero-order valence-corrected chi connectivity index (χ0v) is 15.8. The van der Waals surface area contributed by atoms with Gasteiger partial charge in [0.1, 0.15) is 0 Å². The summed E-state index contributed by atoms with van der Waals surface area (Å²) in [6, 6.07) is 4.29. The van der Waals surface area contributed by atoms with E-state index >= 15 is 0 Å². The Morgan fingerprint density at radius 1 is 1.22 bits per heavy atom. The van der Waals surface area contributed by atoms with Crippen LogP contribution >= 0.6 is 0 Å². The first-order valence-corrected chi connectivity index (χ1v) is 9.51. The fourth-order valence-electron chi connectivity index (χ4n) is 4.12. The van der Waals surface area contributed by atoms with E-state index in [-0.39, 0.29) is 11.9 Å². The first-order chi connectivity index (χ1) is 13.2. The maximum absolute atomic E-state index is 11.6. The molecule has 0 spiro atoms. The minimum absolute atomic E-state index is 0.159. The number of amides is 1. The second-order valence-corrected chi connectivity index (χ2v) is 7.18. The number of carbonyl (C=O) groups is 1. The van der Waals surface area contributed by atoms with E-state index in [1.165, 1.54) is 0 Å². The SMILES string of the molecule is COc1ccc(-c2noc(C3CCCN3C3CCN(C(C)=O)CC3)n2)cn1. The second-order valence-electron chi connectivity index (χ2n) is 7.18. The van der Waals surface area contributed by atoms with Crippen LogP contribution in [0.5, 0.6) is 5.88 Å². The summed E-state index contributed by atoms with van der Waals surface area (Å²) < 4.78 is 10.7. The van der Waals surface area contributed by atoms with Crippen molar-refractivity contribution in [3.63, 3.8) is 0 Å². The summed E-state index contributed by atoms with van der Waals surface area (Å²) in [5.74, 6) is 1.95. The summed E-state index contributed by atoms with van der Waals surface area (Å²) in [5, 5.41) is 4.15. The molecule has 2 saturated heterocycles. The predicted molar refractivity (Wildman–Crippen MR) is 98.0 cm³/mol. The normalized spacial score (nSPS) is 21.6. The van der Waals surface area contributed by atoms with Crippen LogP contribution in [0.25, 0.3) is 11.4 Å². The van der Waals surface area contributed by atoms with Gasteiger partial charge in [-0.2, -0.15) is 4.98 Å². The maximum atomic E-state index is 11.6. The van der Waals surface area contributed by atoms with Crippen molar-refractivity contribution in [1.29, 1.82) is 0 Å². The Balaban J connectivity index is 1.46. The highest BCUT2D eigenvalue weighted by molar-refractivity contribution is 5.73. The van der Waals surface area contributed by atoms with Crippen LogP contribution in [0, 0.1) is 0 Å². The third-order valence-electron chi connectivity index (χ3n) is 5.60. The molecule has 4 heterocycles. The summed E-state index contributed by atoms with van der Waals surface area (Å²) in [5.41, 5.74) is 0.810. The number of ether oxygens (including phenoxy) is 1. The Morgan fingerprint density at radius 2 is 2.04 bits per heavy atom. The Morgan fingerprint density at radius 3 is 2.70 bits per heavy atom. The standard InChI is InChI=1S/C19H25N5O3/c1-13(25)23-10-7-15(8-11-23)24-9-3-4-16(24)19-21-18(22-27-19)14-5-6-17(26-2)20-12-14/h5-6,12,15-16H,3-4,7-11H2,1-2H3. The van der Waals surface area contributed by atoms with Crippen LogP contribution in [0.2, 0.25) is 0 Å². The van der Waals surface area contributed by atoms with E-state index in [0.717, 1.165) is 50.9 Å². The van der Waals surface area contributed by atoms with Crippen LogP contribution in [0.4, 0.5) is 0 Å². The monoisotopic (exact) mass is 371 g/mol. The highest BCUT2D eigenvalue weighted by Gasteiger charge is 2.37. The van der Waals surface area contributed by atoms with Gasteiger partial charge in [-0.15, -0.1) is 0 Å². The molecule has 2 aromatic heterocycles. The smallest absolute Gasteiger partial charge is 0.244 e. The number of hydrogen-bond acceptors (Lipinski definition) is 7. The highest BCUT2D eigenvalue weighted by atomic mass is 16.5. The fraction of sp³-hybridized carbons (Fsp3) is 0.579. The van der Waals surface area contributed by atoms with E-state index in [9.17, 15) is 4.79 Å². The van der Waals surface area contributed by atoms with E-state index < -0.39 is 0 Å². The lowest BCUT2D eigenvalue weighted by Crippen LogP contribution is -2.46. The van der Waals surface area contributed by atoms with Gasteiger partial charge < -0.3 is 14.2 Å². The summed E-state index contributed by atoms with van der Waals surface area (Å²) in [6.07, 6.45) is 5.84. The number of rotatable bonds is 4. The van der Waals surface area contributed by atoms with Crippen molar-refractivity contribution in [3.05, 3.63) is 24.2 Å². The third-order valence-corrected chi connectivity index (χ3v) is 5.60. The number of piperidine rings is 1. The number of methoxy groups -OCH3 is 1. The van der Waals surface area contributed by atoms with Gasteiger partial charge in [-0.3, -0.25) is 9.69 Å². The van der Waals surface area contributed by atoms with E-state index in [4.69, 9.17) is 9.26 Å². The average Bonchev–Trinajstić information content (AvgIpc) is 3.37. The molecule has 2 aliphatic rings. The molecule has 0 radical (unpaired) electrons. The minimum atomic E-state index is 0.159. The molecule has 8 nitrogen and oxygen atoms in total. The van der Waals surface area contributed by atoms with Gasteiger partial charge in [0.15, 0.2) is 0 Å². The Kier molecular flexibility index (Phi) is 5.07. The molecule has 0 aromatic carbocycles. The number of nitrogens with zero attached hydrogens (tertiary/aromatic N) is 5. The van der Waals surface area contributed by atoms with Gasteiger partial charge >= 0.3 is 0 Å². The van der Waals surface area contributed by atoms with Crippen LogP contribution in [0.3, 0.4) is 0 Å². The lowest BCUT2D eigenvalue weighted by atomic mass is 10.0. The molecule has 2 fully saturated rings. The lowest BCUT2D eigenvalue weighted by Gasteiger charge is -2.38. The van der Waals surface area contributed by atoms with Crippen LogP contribution in [0.1, 0.15) is 44.5 Å². The van der Waals surface area contributed by atoms with Gasteiger partial charge in [0.25, 0.3) is 0 Å². The average molecular weight is 371 g/mol. The van der Waals surface area contributed by atoms with Crippen molar-refractivity contribution in [3.8, 4) is 17.3 Å². The molecule has 0 aliphatic carbocycles. The molecule has 2 aliphatic heterocycles. The molecule has 144 valence electrons. The number of hydrogen-bond donors (Lipinski definition) is 0. The molecular weight excluding hydrogens is 346 g/mol. The van der Waals surface area contributed by atoms with Gasteiger partial charge in [-0.05, 0) is 38.3 Å². The van der Waals surface area contributed by atoms with Crippen molar-refractivity contribution < 1.29 is 14.1 Å². The molecule has 1 atom stereocenters. The largest absolute Gasteiger partial charge is 0.481 e. The Bertz CT molecular complexity index is 783. The topological polar surface area (TPSA) is 84.6 Å². The number of aromatic nitrogens is 3. The molecule has 0 saturated carbocycles. The predicted octanol–water partition coefficient (Wildman–Crippen LogP) is 2.29. The maximum Gasteiger partial charge on any atom is 0.244 e. The third kappa shape index (κ3) is 3.66. The minimum Gasteiger partial charge on any atom is -0.481 e. The molecular formula is C19H25N5O3. The van der Waals surface area contributed by atoms with Crippen molar-refractivity contribution in [2.75, 3.05) is 26.7 Å². The quantitative estimate of drug-likeness (QED) is 0.815. The molecule has 1 amide bonds. The molecule has 2 aromatic rings. The van der Waals surface area contributed by atoms with Gasteiger partial charge in [0.05, 0.1) is 13.2 Å². The van der Waals surface area contributed by atoms with Gasteiger partial charge in [-0.25, -0.2) is 4.98 Å².